The molecule has 2 aromatic heterocycles. The lowest BCUT2D eigenvalue weighted by atomic mass is 10.0. The standard InChI is InChI=1S/C27H25ClFN5O6S/c1-15(25(35)32-19-12-40-13-19)11-34-14-31-22-5-3-16(7-20(22)27(34)36)17-8-23(26(39-2)30-10-17)33-41(37,38)24-6-4-18(29)9-21(24)28/h3-10,14-15,19,33H,11-13H2,1-2H3,(H,32,35). The SMILES string of the molecule is COc1ncc(-c2ccc3ncn(CC(C)C(=O)NC4COC4)c(=O)c3c2)cc1NS(=O)(=O)c1ccc(F)cc1Cl. The number of carbonyl (C=O) groups excluding carboxylic acids is 1. The molecule has 1 saturated heterocycles. The third kappa shape index (κ3) is 6.01. The van der Waals surface area contributed by atoms with E-state index in [-0.39, 0.29) is 45.5 Å². The number of anilines is 1. The predicted octanol–water partition coefficient (Wildman–Crippen LogP) is 3.21. The van der Waals surface area contributed by atoms with Crippen LogP contribution in [0.3, 0.4) is 0 Å². The highest BCUT2D eigenvalue weighted by molar-refractivity contribution is 7.92. The highest BCUT2D eigenvalue weighted by Gasteiger charge is 2.24. The van der Waals surface area contributed by atoms with Crippen LogP contribution in [0.25, 0.3) is 22.0 Å². The quantitative estimate of drug-likeness (QED) is 0.298. The number of hydrogen-bond acceptors (Lipinski definition) is 8. The van der Waals surface area contributed by atoms with Crippen molar-refractivity contribution in [3.63, 3.8) is 0 Å². The number of benzene rings is 2. The monoisotopic (exact) mass is 601 g/mol. The number of methoxy groups -OCH3 is 1. The first-order valence-electron chi connectivity index (χ1n) is 12.5. The van der Waals surface area contributed by atoms with Gasteiger partial charge in [-0.25, -0.2) is 22.8 Å². The Kier molecular flexibility index (Phi) is 7.93. The van der Waals surface area contributed by atoms with Gasteiger partial charge < -0.3 is 14.8 Å². The van der Waals surface area contributed by atoms with Crippen molar-refractivity contribution in [2.75, 3.05) is 25.0 Å². The smallest absolute Gasteiger partial charge is 0.263 e. The summed E-state index contributed by atoms with van der Waals surface area (Å²) < 4.78 is 53.6. The Balaban J connectivity index is 1.45. The number of pyridine rings is 1. The minimum Gasteiger partial charge on any atom is -0.480 e. The summed E-state index contributed by atoms with van der Waals surface area (Å²) >= 11 is 5.97. The van der Waals surface area contributed by atoms with Crippen molar-refractivity contribution < 1.29 is 27.1 Å². The molecule has 1 aliphatic heterocycles. The van der Waals surface area contributed by atoms with Crippen molar-refractivity contribution in [1.29, 1.82) is 0 Å². The first-order valence-corrected chi connectivity index (χ1v) is 14.3. The lowest BCUT2D eigenvalue weighted by Gasteiger charge is -2.28. The number of hydrogen-bond donors (Lipinski definition) is 2. The van der Waals surface area contributed by atoms with Crippen molar-refractivity contribution in [3.05, 3.63) is 76.2 Å². The zero-order chi connectivity index (χ0) is 29.3. The van der Waals surface area contributed by atoms with Gasteiger partial charge in [0.05, 0.1) is 54.5 Å². The second-order valence-electron chi connectivity index (χ2n) is 9.54. The van der Waals surface area contributed by atoms with E-state index < -0.39 is 21.8 Å². The predicted molar refractivity (Wildman–Crippen MR) is 150 cm³/mol. The van der Waals surface area contributed by atoms with Crippen LogP contribution in [0.2, 0.25) is 5.02 Å². The lowest BCUT2D eigenvalue weighted by molar-refractivity contribution is -0.129. The number of fused-ring (bicyclic) bond motifs is 1. The van der Waals surface area contributed by atoms with Gasteiger partial charge in [0.1, 0.15) is 16.4 Å². The van der Waals surface area contributed by atoms with Crippen LogP contribution in [-0.2, 0) is 26.1 Å². The van der Waals surface area contributed by atoms with E-state index in [1.807, 2.05) is 0 Å². The van der Waals surface area contributed by atoms with Crippen LogP contribution in [0.1, 0.15) is 6.92 Å². The Morgan fingerprint density at radius 1 is 1.20 bits per heavy atom. The van der Waals surface area contributed by atoms with Gasteiger partial charge in [0, 0.05) is 18.3 Å². The van der Waals surface area contributed by atoms with Gasteiger partial charge in [-0.1, -0.05) is 24.6 Å². The Hall–Kier alpha value is -4.07. The van der Waals surface area contributed by atoms with E-state index in [2.05, 4.69) is 20.0 Å². The second-order valence-corrected chi connectivity index (χ2v) is 11.6. The largest absolute Gasteiger partial charge is 0.480 e. The van der Waals surface area contributed by atoms with E-state index in [1.165, 1.54) is 30.3 Å². The van der Waals surface area contributed by atoms with Crippen molar-refractivity contribution in [2.45, 2.75) is 24.4 Å². The van der Waals surface area contributed by atoms with Crippen molar-refractivity contribution in [2.24, 2.45) is 5.92 Å². The van der Waals surface area contributed by atoms with Gasteiger partial charge >= 0.3 is 0 Å². The van der Waals surface area contributed by atoms with Crippen LogP contribution < -0.4 is 20.3 Å². The molecule has 1 aliphatic rings. The number of aromatic nitrogens is 3. The molecule has 5 rings (SSSR count). The fourth-order valence-electron chi connectivity index (χ4n) is 4.25. The Labute approximate surface area is 239 Å². The van der Waals surface area contributed by atoms with Gasteiger partial charge in [0.2, 0.25) is 11.8 Å². The van der Waals surface area contributed by atoms with E-state index >= 15 is 0 Å². The fourth-order valence-corrected chi connectivity index (χ4v) is 5.83. The maximum Gasteiger partial charge on any atom is 0.263 e. The maximum atomic E-state index is 13.5. The summed E-state index contributed by atoms with van der Waals surface area (Å²) in [5, 5.41) is 2.90. The molecule has 2 aromatic carbocycles. The number of rotatable bonds is 9. The molecule has 0 aliphatic carbocycles. The van der Waals surface area contributed by atoms with Gasteiger partial charge in [-0.3, -0.25) is 18.9 Å². The molecule has 0 radical (unpaired) electrons. The number of amides is 1. The van der Waals surface area contributed by atoms with Gasteiger partial charge in [-0.2, -0.15) is 0 Å². The number of nitrogens with zero attached hydrogens (tertiary/aromatic N) is 3. The van der Waals surface area contributed by atoms with E-state index in [0.717, 1.165) is 18.2 Å². The number of carbonyl (C=O) groups is 1. The minimum atomic E-state index is -4.24. The summed E-state index contributed by atoms with van der Waals surface area (Å²) in [5.74, 6) is -1.35. The molecule has 1 amide bonds. The van der Waals surface area contributed by atoms with Crippen LogP contribution in [0, 0.1) is 11.7 Å². The fraction of sp³-hybridized carbons (Fsp3) is 0.259. The third-order valence-corrected chi connectivity index (χ3v) is 8.38. The van der Waals surface area contributed by atoms with E-state index in [1.54, 1.807) is 25.1 Å². The molecule has 41 heavy (non-hydrogen) atoms. The Morgan fingerprint density at radius 2 is 1.98 bits per heavy atom. The first-order chi connectivity index (χ1) is 19.6. The van der Waals surface area contributed by atoms with Crippen LogP contribution >= 0.6 is 11.6 Å². The molecule has 214 valence electrons. The molecular weight excluding hydrogens is 577 g/mol. The highest BCUT2D eigenvalue weighted by atomic mass is 35.5. The van der Waals surface area contributed by atoms with Gasteiger partial charge in [-0.15, -0.1) is 0 Å². The van der Waals surface area contributed by atoms with Gasteiger partial charge in [-0.05, 0) is 42.0 Å². The van der Waals surface area contributed by atoms with Crippen LogP contribution in [0.5, 0.6) is 5.88 Å². The molecule has 0 saturated carbocycles. The van der Waals surface area contributed by atoms with Crippen molar-refractivity contribution in [1.82, 2.24) is 19.9 Å². The van der Waals surface area contributed by atoms with Gasteiger partial charge in [0.25, 0.3) is 15.6 Å². The topological polar surface area (TPSA) is 142 Å². The average Bonchev–Trinajstić information content (AvgIpc) is 2.91. The Morgan fingerprint density at radius 3 is 2.66 bits per heavy atom. The van der Waals surface area contributed by atoms with Crippen molar-refractivity contribution >= 4 is 44.1 Å². The summed E-state index contributed by atoms with van der Waals surface area (Å²) in [6.45, 7) is 2.81. The summed E-state index contributed by atoms with van der Waals surface area (Å²) in [6.07, 6.45) is 2.87. The van der Waals surface area contributed by atoms with Crippen LogP contribution in [0.4, 0.5) is 10.1 Å². The Bertz CT molecular complexity index is 1810. The van der Waals surface area contributed by atoms with Crippen LogP contribution in [0.15, 0.2) is 64.7 Å². The molecule has 1 unspecified atom stereocenters. The molecule has 1 atom stereocenters. The molecule has 2 N–H and O–H groups in total. The van der Waals surface area contributed by atoms with Crippen molar-refractivity contribution in [3.8, 4) is 17.0 Å². The van der Waals surface area contributed by atoms with E-state index in [4.69, 9.17) is 21.1 Å². The minimum absolute atomic E-state index is 0.00536. The normalized spacial score (nSPS) is 14.3. The lowest BCUT2D eigenvalue weighted by Crippen LogP contribution is -2.50. The summed E-state index contributed by atoms with van der Waals surface area (Å²) in [7, 11) is -2.91. The zero-order valence-corrected chi connectivity index (χ0v) is 23.5. The summed E-state index contributed by atoms with van der Waals surface area (Å²) in [5.41, 5.74) is 1.15. The van der Waals surface area contributed by atoms with Gasteiger partial charge in [0.15, 0.2) is 0 Å². The summed E-state index contributed by atoms with van der Waals surface area (Å²) in [6, 6.07) is 9.41. The molecule has 11 nitrogen and oxygen atoms in total. The average molecular weight is 602 g/mol. The molecule has 14 heteroatoms. The van der Waals surface area contributed by atoms with Crippen LogP contribution in [-0.4, -0.2) is 55.2 Å². The third-order valence-electron chi connectivity index (χ3n) is 6.53. The number of sulfonamides is 1. The number of halogens is 2. The second kappa shape index (κ2) is 11.4. The summed E-state index contributed by atoms with van der Waals surface area (Å²) in [4.78, 5) is 34.1. The molecule has 0 spiro atoms. The van der Waals surface area contributed by atoms with E-state index in [9.17, 15) is 22.4 Å². The zero-order valence-electron chi connectivity index (χ0n) is 21.9. The highest BCUT2D eigenvalue weighted by Crippen LogP contribution is 2.32. The molecule has 4 aromatic rings. The molecule has 0 bridgehead atoms. The molecular formula is C27H25ClFN5O6S. The molecule has 1 fully saturated rings. The number of nitrogens with one attached hydrogen (secondary N) is 2. The number of ether oxygens (including phenoxy) is 2. The van der Waals surface area contributed by atoms with E-state index in [0.29, 0.717) is 35.2 Å². The molecule has 3 heterocycles. The first kappa shape index (κ1) is 28.5. The maximum absolute atomic E-state index is 13.5.